The quantitative estimate of drug-likeness (QED) is 0.862. The van der Waals surface area contributed by atoms with Crippen molar-refractivity contribution in [1.29, 1.82) is 0 Å². The Bertz CT molecular complexity index is 680. The van der Waals surface area contributed by atoms with E-state index in [-0.39, 0.29) is 16.6 Å². The Hall–Kier alpha value is -1.82. The first-order valence-electron chi connectivity index (χ1n) is 6.15. The molecule has 0 amide bonds. The fraction of sp³-hybridized carbons (Fsp3) is 0.286. The molecule has 0 radical (unpaired) electrons. The van der Waals surface area contributed by atoms with Crippen molar-refractivity contribution in [3.8, 4) is 0 Å². The van der Waals surface area contributed by atoms with Crippen LogP contribution in [0.15, 0.2) is 45.9 Å². The predicted molar refractivity (Wildman–Crippen MR) is 75.0 cm³/mol. The van der Waals surface area contributed by atoms with Crippen molar-refractivity contribution in [3.63, 3.8) is 0 Å². The number of hydrogen-bond acceptors (Lipinski definition) is 4. The molecule has 20 heavy (non-hydrogen) atoms. The van der Waals surface area contributed by atoms with Crippen LogP contribution in [0.3, 0.4) is 0 Å². The maximum atomic E-state index is 13.7. The molecule has 0 bridgehead atoms. The molecule has 108 valence electrons. The van der Waals surface area contributed by atoms with Crippen LogP contribution in [0.1, 0.15) is 12.7 Å². The van der Waals surface area contributed by atoms with Crippen LogP contribution in [-0.2, 0) is 16.3 Å². The van der Waals surface area contributed by atoms with Gasteiger partial charge in [-0.3, -0.25) is 0 Å². The monoisotopic (exact) mass is 297 g/mol. The molecule has 0 aliphatic heterocycles. The Kier molecular flexibility index (Phi) is 4.13. The lowest BCUT2D eigenvalue weighted by molar-refractivity contribution is 0.497. The number of halogens is 1. The molecule has 4 nitrogen and oxygen atoms in total. The first kappa shape index (κ1) is 14.6. The van der Waals surface area contributed by atoms with E-state index in [1.165, 1.54) is 12.1 Å². The molecule has 1 aromatic carbocycles. The smallest absolute Gasteiger partial charge is 0.175 e. The lowest BCUT2D eigenvalue weighted by Crippen LogP contribution is -2.19. The first-order valence-corrected chi connectivity index (χ1v) is 8.04. The molecule has 0 spiro atoms. The normalized spacial score (nSPS) is 13.2. The minimum atomic E-state index is -3.35. The summed E-state index contributed by atoms with van der Waals surface area (Å²) in [5.41, 5.74) is 0.173. The molecule has 0 aliphatic rings. The predicted octanol–water partition coefficient (Wildman–Crippen LogP) is 2.87. The van der Waals surface area contributed by atoms with Gasteiger partial charge in [0.05, 0.1) is 16.8 Å². The van der Waals surface area contributed by atoms with Crippen molar-refractivity contribution in [1.82, 2.24) is 0 Å². The second kappa shape index (κ2) is 5.66. The van der Waals surface area contributed by atoms with Crippen LogP contribution in [-0.4, -0.2) is 20.7 Å². The van der Waals surface area contributed by atoms with Crippen molar-refractivity contribution < 1.29 is 17.2 Å². The van der Waals surface area contributed by atoms with Gasteiger partial charge in [-0.05, 0) is 37.3 Å². The average Bonchev–Trinajstić information content (AvgIpc) is 2.83. The van der Waals surface area contributed by atoms with E-state index in [2.05, 4.69) is 5.32 Å². The molecule has 0 saturated carbocycles. The van der Waals surface area contributed by atoms with Crippen LogP contribution in [0, 0.1) is 5.82 Å². The van der Waals surface area contributed by atoms with E-state index >= 15 is 0 Å². The molecule has 6 heteroatoms. The Balaban J connectivity index is 2.16. The summed E-state index contributed by atoms with van der Waals surface area (Å²) in [6.07, 6.45) is 3.25. The SMILES string of the molecule is CC(Cc1ccco1)Nc1cc(S(C)(=O)=O)ccc1F. The number of sulfone groups is 1. The summed E-state index contributed by atoms with van der Waals surface area (Å²) < 4.78 is 41.9. The van der Waals surface area contributed by atoms with Crippen LogP contribution in [0.25, 0.3) is 0 Å². The topological polar surface area (TPSA) is 59.3 Å². The van der Waals surface area contributed by atoms with Crippen molar-refractivity contribution in [3.05, 3.63) is 48.2 Å². The van der Waals surface area contributed by atoms with Gasteiger partial charge in [-0.1, -0.05) is 0 Å². The highest BCUT2D eigenvalue weighted by Crippen LogP contribution is 2.21. The summed E-state index contributed by atoms with van der Waals surface area (Å²) in [6.45, 7) is 1.87. The molecule has 1 atom stereocenters. The van der Waals surface area contributed by atoms with Crippen LogP contribution < -0.4 is 5.32 Å². The van der Waals surface area contributed by atoms with E-state index < -0.39 is 15.7 Å². The minimum Gasteiger partial charge on any atom is -0.469 e. The van der Waals surface area contributed by atoms with Gasteiger partial charge in [0.15, 0.2) is 9.84 Å². The highest BCUT2D eigenvalue weighted by atomic mass is 32.2. The van der Waals surface area contributed by atoms with E-state index in [0.717, 1.165) is 18.1 Å². The number of benzene rings is 1. The van der Waals surface area contributed by atoms with E-state index in [0.29, 0.717) is 6.42 Å². The van der Waals surface area contributed by atoms with Crippen LogP contribution in [0.4, 0.5) is 10.1 Å². The van der Waals surface area contributed by atoms with Crippen molar-refractivity contribution in [2.75, 3.05) is 11.6 Å². The Morgan fingerprint density at radius 2 is 2.10 bits per heavy atom. The third-order valence-electron chi connectivity index (χ3n) is 2.86. The molecule has 2 aromatic rings. The van der Waals surface area contributed by atoms with Gasteiger partial charge in [0.25, 0.3) is 0 Å². The van der Waals surface area contributed by atoms with Crippen LogP contribution in [0.5, 0.6) is 0 Å². The number of rotatable bonds is 5. The number of nitrogens with one attached hydrogen (secondary N) is 1. The van der Waals surface area contributed by atoms with Gasteiger partial charge in [0, 0.05) is 18.7 Å². The Morgan fingerprint density at radius 3 is 2.70 bits per heavy atom. The van der Waals surface area contributed by atoms with Crippen molar-refractivity contribution >= 4 is 15.5 Å². The summed E-state index contributed by atoms with van der Waals surface area (Å²) in [5, 5.41) is 2.96. The number of furan rings is 1. The first-order chi connectivity index (χ1) is 9.36. The second-order valence-corrected chi connectivity index (χ2v) is 6.76. The third kappa shape index (κ3) is 3.60. The molecule has 1 N–H and O–H groups in total. The Labute approximate surface area is 117 Å². The fourth-order valence-electron chi connectivity index (χ4n) is 1.89. The summed E-state index contributed by atoms with van der Waals surface area (Å²) in [7, 11) is -3.35. The van der Waals surface area contributed by atoms with E-state index in [1.807, 2.05) is 13.0 Å². The van der Waals surface area contributed by atoms with Crippen LogP contribution in [0.2, 0.25) is 0 Å². The van der Waals surface area contributed by atoms with Gasteiger partial charge >= 0.3 is 0 Å². The second-order valence-electron chi connectivity index (χ2n) is 4.74. The summed E-state index contributed by atoms with van der Waals surface area (Å²) in [5.74, 6) is 0.299. The third-order valence-corrected chi connectivity index (χ3v) is 3.97. The van der Waals surface area contributed by atoms with Crippen molar-refractivity contribution in [2.45, 2.75) is 24.3 Å². The summed E-state index contributed by atoms with van der Waals surface area (Å²) in [6, 6.07) is 7.24. The minimum absolute atomic E-state index is 0.0894. The zero-order chi connectivity index (χ0) is 14.8. The van der Waals surface area contributed by atoms with E-state index in [9.17, 15) is 12.8 Å². The van der Waals surface area contributed by atoms with Gasteiger partial charge in [-0.25, -0.2) is 12.8 Å². The summed E-state index contributed by atoms with van der Waals surface area (Å²) >= 11 is 0. The molecule has 0 fully saturated rings. The molecule has 1 heterocycles. The lowest BCUT2D eigenvalue weighted by Gasteiger charge is -2.15. The summed E-state index contributed by atoms with van der Waals surface area (Å²) in [4.78, 5) is 0.0894. The molecule has 1 aromatic heterocycles. The maximum Gasteiger partial charge on any atom is 0.175 e. The number of hydrogen-bond donors (Lipinski definition) is 1. The molecule has 1 unspecified atom stereocenters. The largest absolute Gasteiger partial charge is 0.469 e. The Morgan fingerprint density at radius 1 is 1.35 bits per heavy atom. The molecular weight excluding hydrogens is 281 g/mol. The standard InChI is InChI=1S/C14H16FNO3S/c1-10(8-11-4-3-7-19-11)16-14-9-12(20(2,17)18)5-6-13(14)15/h3-7,9-10,16H,8H2,1-2H3. The van der Waals surface area contributed by atoms with E-state index in [4.69, 9.17) is 4.42 Å². The van der Waals surface area contributed by atoms with Crippen LogP contribution >= 0.6 is 0 Å². The van der Waals surface area contributed by atoms with Gasteiger partial charge in [-0.15, -0.1) is 0 Å². The maximum absolute atomic E-state index is 13.7. The highest BCUT2D eigenvalue weighted by Gasteiger charge is 2.13. The fourth-order valence-corrected chi connectivity index (χ4v) is 2.54. The molecule has 2 rings (SSSR count). The highest BCUT2D eigenvalue weighted by molar-refractivity contribution is 7.90. The van der Waals surface area contributed by atoms with Gasteiger partial charge < -0.3 is 9.73 Å². The van der Waals surface area contributed by atoms with Gasteiger partial charge in [0.2, 0.25) is 0 Å². The molecular formula is C14H16FNO3S. The van der Waals surface area contributed by atoms with Gasteiger partial charge in [0.1, 0.15) is 11.6 Å². The lowest BCUT2D eigenvalue weighted by atomic mass is 10.2. The zero-order valence-corrected chi connectivity index (χ0v) is 12.1. The van der Waals surface area contributed by atoms with E-state index in [1.54, 1.807) is 12.3 Å². The van der Waals surface area contributed by atoms with Gasteiger partial charge in [-0.2, -0.15) is 0 Å². The molecule has 0 saturated heterocycles. The van der Waals surface area contributed by atoms with Crippen molar-refractivity contribution in [2.24, 2.45) is 0 Å². The number of anilines is 1. The molecule has 0 aliphatic carbocycles. The average molecular weight is 297 g/mol. The zero-order valence-electron chi connectivity index (χ0n) is 11.3.